The van der Waals surface area contributed by atoms with E-state index in [4.69, 9.17) is 9.47 Å². The highest BCUT2D eigenvalue weighted by atomic mass is 19.2. The van der Waals surface area contributed by atoms with Gasteiger partial charge in [0.2, 0.25) is 23.3 Å². The maximum absolute atomic E-state index is 14.7. The van der Waals surface area contributed by atoms with E-state index < -0.39 is 69.2 Å². The third-order valence-corrected chi connectivity index (χ3v) is 7.98. The van der Waals surface area contributed by atoms with Crippen LogP contribution in [0.5, 0.6) is 11.5 Å². The van der Waals surface area contributed by atoms with E-state index in [9.17, 15) is 35.1 Å². The number of benzene rings is 3. The number of rotatable bonds is 18. The van der Waals surface area contributed by atoms with Crippen molar-refractivity contribution in [3.8, 4) is 35.2 Å². The Bertz CT molecular complexity index is 1500. The first kappa shape index (κ1) is 40.3. The van der Waals surface area contributed by atoms with Gasteiger partial charge in [-0.05, 0) is 37.1 Å². The predicted molar refractivity (Wildman–Crippen MR) is 178 cm³/mol. The van der Waals surface area contributed by atoms with Crippen molar-refractivity contribution in [3.05, 3.63) is 93.1 Å². The topological polar surface area (TPSA) is 18.5 Å². The number of ether oxygens (including phenoxy) is 2. The van der Waals surface area contributed by atoms with Crippen LogP contribution in [-0.2, 0) is 0 Å². The van der Waals surface area contributed by atoms with E-state index in [0.717, 1.165) is 77.0 Å². The Morgan fingerprint density at radius 3 is 0.960 bits per heavy atom. The molecule has 0 aliphatic heterocycles. The van der Waals surface area contributed by atoms with Crippen molar-refractivity contribution in [2.45, 2.75) is 104 Å². The first-order chi connectivity index (χ1) is 24.1. The van der Waals surface area contributed by atoms with Crippen LogP contribution in [-0.4, -0.2) is 13.2 Å². The van der Waals surface area contributed by atoms with Gasteiger partial charge in [-0.2, -0.15) is 17.6 Å². The number of hydrogen-bond acceptors (Lipinski definition) is 2. The van der Waals surface area contributed by atoms with Crippen LogP contribution < -0.4 is 9.47 Å². The van der Waals surface area contributed by atoms with Crippen LogP contribution >= 0.6 is 0 Å². The van der Waals surface area contributed by atoms with Crippen LogP contribution in [0.2, 0.25) is 0 Å². The van der Waals surface area contributed by atoms with Crippen LogP contribution in [0.3, 0.4) is 0 Å². The van der Waals surface area contributed by atoms with E-state index in [1.807, 2.05) is 0 Å². The van der Waals surface area contributed by atoms with Gasteiger partial charge in [-0.3, -0.25) is 0 Å². The molecule has 0 radical (unpaired) electrons. The van der Waals surface area contributed by atoms with Crippen molar-refractivity contribution < 1.29 is 44.6 Å². The molecule has 0 aliphatic rings. The lowest BCUT2D eigenvalue weighted by molar-refractivity contribution is 0.263. The maximum atomic E-state index is 14.7. The second-order valence-corrected chi connectivity index (χ2v) is 11.9. The van der Waals surface area contributed by atoms with Gasteiger partial charge in [0.25, 0.3) is 0 Å². The normalized spacial score (nSPS) is 10.8. The lowest BCUT2D eigenvalue weighted by Gasteiger charge is -2.11. The van der Waals surface area contributed by atoms with Crippen molar-refractivity contribution in [3.63, 3.8) is 0 Å². The molecule has 0 fully saturated rings. The Morgan fingerprint density at radius 1 is 0.380 bits per heavy atom. The van der Waals surface area contributed by atoms with Gasteiger partial charge < -0.3 is 9.47 Å². The van der Waals surface area contributed by atoms with Crippen molar-refractivity contribution in [2.24, 2.45) is 0 Å². The summed E-state index contributed by atoms with van der Waals surface area (Å²) >= 11 is 0. The summed E-state index contributed by atoms with van der Waals surface area (Å²) in [6.07, 6.45) is 13.0. The molecule has 3 rings (SSSR count). The molecule has 0 spiro atoms. The van der Waals surface area contributed by atoms with E-state index in [0.29, 0.717) is 12.8 Å². The average Bonchev–Trinajstić information content (AvgIpc) is 3.11. The zero-order valence-electron chi connectivity index (χ0n) is 28.5. The second-order valence-electron chi connectivity index (χ2n) is 11.9. The van der Waals surface area contributed by atoms with Crippen molar-refractivity contribution in [1.29, 1.82) is 0 Å². The molecule has 0 aliphatic carbocycles. The molecule has 2 nitrogen and oxygen atoms in total. The minimum absolute atomic E-state index is 0.108. The van der Waals surface area contributed by atoms with E-state index in [-0.39, 0.29) is 24.3 Å². The van der Waals surface area contributed by atoms with E-state index in [2.05, 4.69) is 37.5 Å². The molecule has 0 saturated carbocycles. The maximum Gasteiger partial charge on any atom is 0.205 e. The lowest BCUT2D eigenvalue weighted by atomic mass is 10.1. The van der Waals surface area contributed by atoms with Crippen molar-refractivity contribution >= 4 is 0 Å². The smallest absolute Gasteiger partial charge is 0.205 e. The van der Waals surface area contributed by atoms with Gasteiger partial charge >= 0.3 is 0 Å². The largest absolute Gasteiger partial charge is 0.487 e. The number of hydrogen-bond donors (Lipinski definition) is 0. The van der Waals surface area contributed by atoms with Crippen LogP contribution in [0.1, 0.15) is 126 Å². The summed E-state index contributed by atoms with van der Waals surface area (Å²) in [4.78, 5) is 0. The van der Waals surface area contributed by atoms with Crippen LogP contribution in [0.15, 0.2) is 24.3 Å². The third-order valence-electron chi connectivity index (χ3n) is 7.98. The fourth-order valence-corrected chi connectivity index (χ4v) is 5.07. The molecule has 0 aromatic heterocycles. The first-order valence-corrected chi connectivity index (χ1v) is 17.2. The summed E-state index contributed by atoms with van der Waals surface area (Å²) in [6, 6.07) is 5.25. The van der Waals surface area contributed by atoms with Crippen LogP contribution in [0.4, 0.5) is 35.1 Å². The molecule has 0 atom stereocenters. The van der Waals surface area contributed by atoms with Gasteiger partial charge in [-0.25, -0.2) is 17.6 Å². The average molecular weight is 707 g/mol. The molecule has 270 valence electrons. The van der Waals surface area contributed by atoms with Gasteiger partial charge in [0, 0.05) is 11.1 Å². The summed E-state index contributed by atoms with van der Waals surface area (Å²) in [5.41, 5.74) is -1.97. The minimum Gasteiger partial charge on any atom is -0.487 e. The quantitative estimate of drug-likeness (QED) is 0.0567. The molecule has 3 aromatic rings. The molecule has 50 heavy (non-hydrogen) atoms. The summed E-state index contributed by atoms with van der Waals surface area (Å²) in [5.74, 6) is -6.92. The highest BCUT2D eigenvalue weighted by molar-refractivity contribution is 5.51. The standard InChI is InChI=1S/C40H42F8O2/c1-3-5-7-9-11-13-15-25-49-39-35(45)31(41)29(32(42)36(39)46)23-21-27-17-19-28(20-18-27)22-24-30-33(43)37(47)40(38(48)34(30)44)50-26-16-14-12-10-8-6-4-2/h17-20H,3-16,25-26H2,1-2H3. The highest BCUT2D eigenvalue weighted by Gasteiger charge is 2.27. The van der Waals surface area contributed by atoms with Crippen LogP contribution in [0, 0.1) is 70.2 Å². The summed E-state index contributed by atoms with van der Waals surface area (Å²) in [6.45, 7) is 3.98. The Hall–Kier alpha value is -4.18. The molecule has 0 unspecified atom stereocenters. The molecule has 3 aromatic carbocycles. The fourth-order valence-electron chi connectivity index (χ4n) is 5.07. The van der Waals surface area contributed by atoms with E-state index in [1.165, 1.54) is 24.3 Å². The number of halogens is 8. The Morgan fingerprint density at radius 2 is 0.660 bits per heavy atom. The van der Waals surface area contributed by atoms with Crippen molar-refractivity contribution in [1.82, 2.24) is 0 Å². The van der Waals surface area contributed by atoms with Gasteiger partial charge in [0.1, 0.15) is 11.1 Å². The first-order valence-electron chi connectivity index (χ1n) is 17.2. The third kappa shape index (κ3) is 11.4. The summed E-state index contributed by atoms with van der Waals surface area (Å²) < 4.78 is 127. The molecule has 10 heteroatoms. The molecule has 0 heterocycles. The molecular formula is C40H42F8O2. The van der Waals surface area contributed by atoms with Gasteiger partial charge in [-0.15, -0.1) is 0 Å². The Labute approximate surface area is 289 Å². The summed E-state index contributed by atoms with van der Waals surface area (Å²) in [5, 5.41) is 0. The zero-order valence-corrected chi connectivity index (χ0v) is 28.5. The Balaban J connectivity index is 1.65. The predicted octanol–water partition coefficient (Wildman–Crippen LogP) is 11.9. The van der Waals surface area contributed by atoms with E-state index in [1.54, 1.807) is 0 Å². The van der Waals surface area contributed by atoms with Crippen molar-refractivity contribution in [2.75, 3.05) is 13.2 Å². The van der Waals surface area contributed by atoms with Gasteiger partial charge in [0.05, 0.1) is 13.2 Å². The minimum atomic E-state index is -1.70. The summed E-state index contributed by atoms with van der Waals surface area (Å²) in [7, 11) is 0. The monoisotopic (exact) mass is 706 g/mol. The lowest BCUT2D eigenvalue weighted by Crippen LogP contribution is -2.08. The second kappa shape index (κ2) is 21.1. The zero-order chi connectivity index (χ0) is 36.5. The van der Waals surface area contributed by atoms with Crippen LogP contribution in [0.25, 0.3) is 0 Å². The molecule has 0 bridgehead atoms. The molecule has 0 saturated heterocycles. The Kier molecular flexibility index (Phi) is 17.0. The van der Waals surface area contributed by atoms with E-state index >= 15 is 0 Å². The fraction of sp³-hybridized carbons (Fsp3) is 0.450. The SMILES string of the molecule is CCCCCCCCCOc1c(F)c(F)c(C#Cc2ccc(C#Cc3c(F)c(F)c(OCCCCCCCCC)c(F)c3F)cc2)c(F)c1F. The molecule has 0 N–H and O–H groups in total. The molecule has 0 amide bonds. The number of unbranched alkanes of at least 4 members (excludes halogenated alkanes) is 12. The molecular weight excluding hydrogens is 664 g/mol. The van der Waals surface area contributed by atoms with Gasteiger partial charge in [-0.1, -0.05) is 115 Å². The van der Waals surface area contributed by atoms with Gasteiger partial charge in [0.15, 0.2) is 34.8 Å². The highest BCUT2D eigenvalue weighted by Crippen LogP contribution is 2.31.